The zero-order valence-electron chi connectivity index (χ0n) is 9.05. The van der Waals surface area contributed by atoms with Gasteiger partial charge in [-0.1, -0.05) is 0 Å². The van der Waals surface area contributed by atoms with Gasteiger partial charge in [0.05, 0.1) is 4.92 Å². The molecule has 0 aromatic heterocycles. The Bertz CT molecular complexity index is 454. The number of benzene rings is 1. The van der Waals surface area contributed by atoms with Gasteiger partial charge < -0.3 is 10.4 Å². The molecule has 0 aliphatic heterocycles. The fourth-order valence-corrected chi connectivity index (χ4v) is 1.23. The van der Waals surface area contributed by atoms with Gasteiger partial charge in [-0.2, -0.15) is 0 Å². The van der Waals surface area contributed by atoms with E-state index in [0.29, 0.717) is 6.29 Å². The predicted molar refractivity (Wildman–Crippen MR) is 59.0 cm³/mol. The molecule has 6 nitrogen and oxygen atoms in total. The average molecular weight is 260 g/mol. The second-order valence-electron chi connectivity index (χ2n) is 3.43. The standard InChI is InChI=1S/C10H10F2N2O4/c11-10(12)9(16)4-13-7-2-1-6(5-15)3-8(7)14(17)18/h1-3,5,9-10,13,16H,4H2. The van der Waals surface area contributed by atoms with Gasteiger partial charge >= 0.3 is 0 Å². The van der Waals surface area contributed by atoms with Gasteiger partial charge in [0.2, 0.25) is 0 Å². The third-order valence-corrected chi connectivity index (χ3v) is 2.15. The van der Waals surface area contributed by atoms with E-state index in [9.17, 15) is 23.7 Å². The smallest absolute Gasteiger partial charge is 0.293 e. The summed E-state index contributed by atoms with van der Waals surface area (Å²) in [5.41, 5.74) is -0.354. The Balaban J connectivity index is 2.88. The highest BCUT2D eigenvalue weighted by atomic mass is 19.3. The van der Waals surface area contributed by atoms with E-state index in [-0.39, 0.29) is 11.3 Å². The maximum atomic E-state index is 12.0. The number of anilines is 1. The van der Waals surface area contributed by atoms with Gasteiger partial charge in [-0.05, 0) is 12.1 Å². The molecule has 0 aliphatic rings. The van der Waals surface area contributed by atoms with Crippen LogP contribution in [0.3, 0.4) is 0 Å². The largest absolute Gasteiger partial charge is 0.385 e. The number of nitro benzene ring substituents is 1. The molecule has 0 saturated carbocycles. The summed E-state index contributed by atoms with van der Waals surface area (Å²) in [6.45, 7) is -0.529. The summed E-state index contributed by atoms with van der Waals surface area (Å²) in [5.74, 6) is 0. The minimum absolute atomic E-state index is 0.0368. The molecule has 0 heterocycles. The Morgan fingerprint density at radius 2 is 2.17 bits per heavy atom. The molecule has 1 unspecified atom stereocenters. The second kappa shape index (κ2) is 6.01. The maximum absolute atomic E-state index is 12.0. The molecule has 0 aliphatic carbocycles. The first kappa shape index (κ1) is 14.0. The quantitative estimate of drug-likeness (QED) is 0.458. The van der Waals surface area contributed by atoms with Crippen LogP contribution >= 0.6 is 0 Å². The molecule has 1 atom stereocenters. The van der Waals surface area contributed by atoms with E-state index in [1.807, 2.05) is 0 Å². The van der Waals surface area contributed by atoms with E-state index < -0.39 is 29.7 Å². The van der Waals surface area contributed by atoms with Crippen LogP contribution < -0.4 is 5.32 Å². The molecular weight excluding hydrogens is 250 g/mol. The molecule has 2 N–H and O–H groups in total. The van der Waals surface area contributed by atoms with Crippen LogP contribution in [0.1, 0.15) is 10.4 Å². The van der Waals surface area contributed by atoms with E-state index in [4.69, 9.17) is 5.11 Å². The first-order chi connectivity index (χ1) is 8.45. The summed E-state index contributed by atoms with van der Waals surface area (Å²) in [4.78, 5) is 20.4. The summed E-state index contributed by atoms with van der Waals surface area (Å²) in [5, 5.41) is 21.9. The predicted octanol–water partition coefficient (Wildman–Crippen LogP) is 1.45. The van der Waals surface area contributed by atoms with Gasteiger partial charge in [-0.15, -0.1) is 0 Å². The maximum Gasteiger partial charge on any atom is 0.293 e. The first-order valence-corrected chi connectivity index (χ1v) is 4.89. The Hall–Kier alpha value is -2.09. The lowest BCUT2D eigenvalue weighted by molar-refractivity contribution is -0.384. The molecule has 1 aromatic rings. The number of rotatable bonds is 6. The molecule has 0 saturated heterocycles. The molecule has 18 heavy (non-hydrogen) atoms. The van der Waals surface area contributed by atoms with E-state index in [1.165, 1.54) is 12.1 Å². The summed E-state index contributed by atoms with van der Waals surface area (Å²) in [6.07, 6.45) is -4.42. The van der Waals surface area contributed by atoms with Crippen LogP contribution in [0.25, 0.3) is 0 Å². The van der Waals surface area contributed by atoms with Gasteiger partial charge in [0.15, 0.2) is 0 Å². The number of carbonyl (C=O) groups excluding carboxylic acids is 1. The molecule has 0 amide bonds. The van der Waals surface area contributed by atoms with Crippen LogP contribution in [0.5, 0.6) is 0 Å². The van der Waals surface area contributed by atoms with Gasteiger partial charge in [0, 0.05) is 18.2 Å². The van der Waals surface area contributed by atoms with Gasteiger partial charge in [-0.25, -0.2) is 8.78 Å². The Labute approximate surface area is 100 Å². The topological polar surface area (TPSA) is 92.5 Å². The average Bonchev–Trinajstić information content (AvgIpc) is 2.35. The van der Waals surface area contributed by atoms with Crippen LogP contribution in [0.4, 0.5) is 20.2 Å². The molecule has 0 fully saturated rings. The van der Waals surface area contributed by atoms with Gasteiger partial charge in [-0.3, -0.25) is 14.9 Å². The molecule has 0 radical (unpaired) electrons. The van der Waals surface area contributed by atoms with Crippen molar-refractivity contribution in [3.05, 3.63) is 33.9 Å². The lowest BCUT2D eigenvalue weighted by atomic mass is 10.2. The van der Waals surface area contributed by atoms with Crippen LogP contribution in [-0.4, -0.2) is 35.4 Å². The summed E-state index contributed by atoms with van der Waals surface area (Å²) < 4.78 is 24.1. The molecule has 0 bridgehead atoms. The fourth-order valence-electron chi connectivity index (χ4n) is 1.23. The van der Waals surface area contributed by atoms with E-state index in [1.54, 1.807) is 0 Å². The number of aldehydes is 1. The lowest BCUT2D eigenvalue weighted by Gasteiger charge is -2.11. The minimum Gasteiger partial charge on any atom is -0.385 e. The third kappa shape index (κ3) is 3.45. The van der Waals surface area contributed by atoms with E-state index in [0.717, 1.165) is 6.07 Å². The number of nitrogens with zero attached hydrogens (tertiary/aromatic N) is 1. The summed E-state index contributed by atoms with van der Waals surface area (Å²) in [6, 6.07) is 3.54. The van der Waals surface area contributed by atoms with Crippen LogP contribution in [0.2, 0.25) is 0 Å². The third-order valence-electron chi connectivity index (χ3n) is 2.15. The Kier molecular flexibility index (Phi) is 4.67. The molecule has 1 aromatic carbocycles. The number of nitrogens with one attached hydrogen (secondary N) is 1. The van der Waals surface area contributed by atoms with Crippen molar-refractivity contribution in [3.63, 3.8) is 0 Å². The molecule has 8 heteroatoms. The van der Waals surface area contributed by atoms with Crippen LogP contribution in [0, 0.1) is 10.1 Å². The number of nitro groups is 1. The number of halogens is 2. The minimum atomic E-state index is -2.94. The van der Waals surface area contributed by atoms with Crippen molar-refractivity contribution >= 4 is 17.7 Å². The van der Waals surface area contributed by atoms with E-state index >= 15 is 0 Å². The number of aliphatic hydroxyl groups excluding tert-OH is 1. The van der Waals surface area contributed by atoms with Gasteiger partial charge in [0.25, 0.3) is 12.1 Å². The summed E-state index contributed by atoms with van der Waals surface area (Å²) in [7, 11) is 0. The molecule has 1 rings (SSSR count). The van der Waals surface area contributed by atoms with Gasteiger partial charge in [0.1, 0.15) is 18.1 Å². The normalized spacial score (nSPS) is 12.2. The molecule has 0 spiro atoms. The van der Waals surface area contributed by atoms with E-state index in [2.05, 4.69) is 5.32 Å². The Morgan fingerprint density at radius 1 is 1.50 bits per heavy atom. The number of carbonyl (C=O) groups is 1. The van der Waals surface area contributed by atoms with Crippen molar-refractivity contribution in [3.8, 4) is 0 Å². The van der Waals surface area contributed by atoms with Crippen LogP contribution in [-0.2, 0) is 0 Å². The SMILES string of the molecule is O=Cc1ccc(NCC(O)C(F)F)c([N+](=O)[O-])c1. The zero-order valence-corrected chi connectivity index (χ0v) is 9.05. The molecule has 98 valence electrons. The highest BCUT2D eigenvalue weighted by molar-refractivity contribution is 5.79. The van der Waals surface area contributed by atoms with Crippen molar-refractivity contribution < 1.29 is 23.6 Å². The lowest BCUT2D eigenvalue weighted by Crippen LogP contribution is -2.27. The van der Waals surface area contributed by atoms with Crippen molar-refractivity contribution in [2.24, 2.45) is 0 Å². The summed E-state index contributed by atoms with van der Waals surface area (Å²) >= 11 is 0. The highest BCUT2D eigenvalue weighted by Crippen LogP contribution is 2.25. The number of aliphatic hydroxyl groups is 1. The Morgan fingerprint density at radius 3 is 2.67 bits per heavy atom. The van der Waals surface area contributed by atoms with Crippen molar-refractivity contribution in [1.29, 1.82) is 0 Å². The number of hydrogen-bond donors (Lipinski definition) is 2. The second-order valence-corrected chi connectivity index (χ2v) is 3.43. The van der Waals surface area contributed by atoms with Crippen molar-refractivity contribution in [1.82, 2.24) is 0 Å². The van der Waals surface area contributed by atoms with Crippen molar-refractivity contribution in [2.75, 3.05) is 11.9 Å². The zero-order chi connectivity index (χ0) is 13.7. The van der Waals surface area contributed by atoms with Crippen molar-refractivity contribution in [2.45, 2.75) is 12.5 Å². The number of alkyl halides is 2. The van der Waals surface area contributed by atoms with Crippen LogP contribution in [0.15, 0.2) is 18.2 Å². The number of hydrogen-bond acceptors (Lipinski definition) is 5. The monoisotopic (exact) mass is 260 g/mol. The molecular formula is C10H10F2N2O4. The highest BCUT2D eigenvalue weighted by Gasteiger charge is 2.19. The fraction of sp³-hybridized carbons (Fsp3) is 0.300. The first-order valence-electron chi connectivity index (χ1n) is 4.89.